The Hall–Kier alpha value is -4.18. The fraction of sp³-hybridized carbons (Fsp3) is 0.281. The monoisotopic (exact) mass is 586 g/mol. The number of rotatable bonds is 8. The van der Waals surface area contributed by atoms with Crippen molar-refractivity contribution in [3.63, 3.8) is 0 Å². The number of H-pyrrole nitrogens is 1. The highest BCUT2D eigenvalue weighted by Crippen LogP contribution is 2.33. The van der Waals surface area contributed by atoms with Crippen molar-refractivity contribution >= 4 is 51.4 Å². The number of amides is 2. The summed E-state index contributed by atoms with van der Waals surface area (Å²) in [5.74, 6) is -0.0729. The van der Waals surface area contributed by atoms with Gasteiger partial charge in [0.05, 0.1) is 29.0 Å². The molecule has 0 bridgehead atoms. The number of carbonyl (C=O) groups excluding carboxylic acids is 2. The van der Waals surface area contributed by atoms with E-state index in [2.05, 4.69) is 27.1 Å². The summed E-state index contributed by atoms with van der Waals surface area (Å²) in [5, 5.41) is 15.1. The van der Waals surface area contributed by atoms with Gasteiger partial charge in [-0.2, -0.15) is 0 Å². The molecule has 5 rings (SSSR count). The third-order valence-corrected chi connectivity index (χ3v) is 7.79. The lowest BCUT2D eigenvalue weighted by molar-refractivity contribution is -0.120. The van der Waals surface area contributed by atoms with Gasteiger partial charge in [0.15, 0.2) is 5.88 Å². The van der Waals surface area contributed by atoms with Gasteiger partial charge >= 0.3 is 0 Å². The molecule has 2 heterocycles. The quantitative estimate of drug-likeness (QED) is 0.263. The van der Waals surface area contributed by atoms with Crippen molar-refractivity contribution in [2.75, 3.05) is 51.7 Å². The summed E-state index contributed by atoms with van der Waals surface area (Å²) in [6.45, 7) is 5.97. The number of carbonyl (C=O) groups is 2. The van der Waals surface area contributed by atoms with Crippen molar-refractivity contribution in [3.8, 4) is 5.88 Å². The predicted molar refractivity (Wildman–Crippen MR) is 168 cm³/mol. The second kappa shape index (κ2) is 12.8. The van der Waals surface area contributed by atoms with Crippen LogP contribution in [-0.2, 0) is 16.1 Å². The minimum Gasteiger partial charge on any atom is -0.494 e. The van der Waals surface area contributed by atoms with E-state index >= 15 is 0 Å². The van der Waals surface area contributed by atoms with E-state index in [1.165, 1.54) is 6.92 Å². The largest absolute Gasteiger partial charge is 0.494 e. The average Bonchev–Trinajstić information content (AvgIpc) is 3.30. The summed E-state index contributed by atoms with van der Waals surface area (Å²) >= 11 is 6.20. The molecule has 3 N–H and O–H groups in total. The molecule has 0 unspecified atom stereocenters. The maximum absolute atomic E-state index is 13.0. The van der Waals surface area contributed by atoms with E-state index in [4.69, 9.17) is 16.6 Å². The van der Waals surface area contributed by atoms with E-state index in [0.29, 0.717) is 40.6 Å². The number of halogens is 1. The molecule has 3 aromatic carbocycles. The highest BCUT2D eigenvalue weighted by atomic mass is 35.5. The van der Waals surface area contributed by atoms with Gasteiger partial charge < -0.3 is 25.2 Å². The SMILES string of the molecule is CC(=O)NCc1ccc(C(=Nc2ccc(N(C)C(=O)CN3CCN(C)CC3)cc2)c2c(O)[nH]c3cc(Cl)ccc23)cc1. The summed E-state index contributed by atoms with van der Waals surface area (Å²) < 4.78 is 0. The molecule has 2 amide bonds. The van der Waals surface area contributed by atoms with E-state index in [0.717, 1.165) is 48.4 Å². The number of anilines is 1. The highest BCUT2D eigenvalue weighted by molar-refractivity contribution is 6.31. The fourth-order valence-corrected chi connectivity index (χ4v) is 5.17. The lowest BCUT2D eigenvalue weighted by Gasteiger charge is -2.32. The minimum atomic E-state index is -0.0983. The van der Waals surface area contributed by atoms with Crippen LogP contribution < -0.4 is 10.2 Å². The van der Waals surface area contributed by atoms with Crippen molar-refractivity contribution in [1.82, 2.24) is 20.1 Å². The number of hydrogen-bond donors (Lipinski definition) is 3. The summed E-state index contributed by atoms with van der Waals surface area (Å²) in [6.07, 6.45) is 0. The number of benzene rings is 3. The molecule has 1 aliphatic heterocycles. The van der Waals surface area contributed by atoms with E-state index < -0.39 is 0 Å². The third-order valence-electron chi connectivity index (χ3n) is 7.55. The summed E-state index contributed by atoms with van der Waals surface area (Å²) in [7, 11) is 3.89. The predicted octanol–water partition coefficient (Wildman–Crippen LogP) is 4.54. The molecule has 1 saturated heterocycles. The van der Waals surface area contributed by atoms with Crippen molar-refractivity contribution in [2.24, 2.45) is 4.99 Å². The molecule has 0 atom stereocenters. The number of piperazine rings is 1. The van der Waals surface area contributed by atoms with Crippen LogP contribution in [0.2, 0.25) is 5.02 Å². The van der Waals surface area contributed by atoms with Crippen LogP contribution in [0.4, 0.5) is 11.4 Å². The highest BCUT2D eigenvalue weighted by Gasteiger charge is 2.21. The number of hydrogen-bond acceptors (Lipinski definition) is 6. The molecule has 4 aromatic rings. The van der Waals surface area contributed by atoms with Gasteiger partial charge in [0, 0.05) is 68.4 Å². The molecule has 1 aliphatic rings. The summed E-state index contributed by atoms with van der Waals surface area (Å²) in [5.41, 5.74) is 4.99. The molecular formula is C32H35ClN6O3. The van der Waals surface area contributed by atoms with Gasteiger partial charge in [-0.15, -0.1) is 0 Å². The topological polar surface area (TPSA) is 104 Å². The van der Waals surface area contributed by atoms with Crippen molar-refractivity contribution in [2.45, 2.75) is 13.5 Å². The summed E-state index contributed by atoms with van der Waals surface area (Å²) in [6, 6.07) is 20.6. The Morgan fingerprint density at radius 2 is 1.71 bits per heavy atom. The Balaban J connectivity index is 1.44. The Kier molecular flexibility index (Phi) is 8.91. The normalized spacial score (nSPS) is 14.7. The Morgan fingerprint density at radius 3 is 2.38 bits per heavy atom. The number of aromatic amines is 1. The first-order chi connectivity index (χ1) is 20.2. The summed E-state index contributed by atoms with van der Waals surface area (Å²) in [4.78, 5) is 38.4. The number of nitrogens with zero attached hydrogens (tertiary/aromatic N) is 4. The van der Waals surface area contributed by atoms with Crippen LogP contribution in [-0.4, -0.2) is 84.2 Å². The molecule has 10 heteroatoms. The minimum absolute atomic E-state index is 0.0146. The molecular weight excluding hydrogens is 552 g/mol. The molecule has 0 aliphatic carbocycles. The van der Waals surface area contributed by atoms with Gasteiger partial charge in [-0.05, 0) is 49.0 Å². The lowest BCUT2D eigenvalue weighted by atomic mass is 9.99. The zero-order valence-corrected chi connectivity index (χ0v) is 24.8. The van der Waals surface area contributed by atoms with Crippen LogP contribution in [0.15, 0.2) is 71.7 Å². The first-order valence-electron chi connectivity index (χ1n) is 13.9. The van der Waals surface area contributed by atoms with Gasteiger partial charge in [0.25, 0.3) is 0 Å². The molecule has 0 saturated carbocycles. The first-order valence-corrected chi connectivity index (χ1v) is 14.3. The van der Waals surface area contributed by atoms with Crippen LogP contribution in [0.25, 0.3) is 10.9 Å². The van der Waals surface area contributed by atoms with E-state index in [1.54, 1.807) is 24.1 Å². The number of fused-ring (bicyclic) bond motifs is 1. The zero-order chi connectivity index (χ0) is 29.8. The van der Waals surface area contributed by atoms with Crippen LogP contribution in [0.3, 0.4) is 0 Å². The maximum Gasteiger partial charge on any atom is 0.240 e. The first kappa shape index (κ1) is 29.3. The third kappa shape index (κ3) is 6.82. The van der Waals surface area contributed by atoms with Gasteiger partial charge in [0.1, 0.15) is 0 Å². The molecule has 9 nitrogen and oxygen atoms in total. The molecule has 0 radical (unpaired) electrons. The second-order valence-corrected chi connectivity index (χ2v) is 11.1. The van der Waals surface area contributed by atoms with Crippen molar-refractivity contribution in [3.05, 3.63) is 88.4 Å². The molecule has 1 fully saturated rings. The van der Waals surface area contributed by atoms with Crippen LogP contribution in [0.5, 0.6) is 5.88 Å². The van der Waals surface area contributed by atoms with Crippen LogP contribution in [0.1, 0.15) is 23.6 Å². The van der Waals surface area contributed by atoms with Gasteiger partial charge in [-0.3, -0.25) is 14.5 Å². The standard InChI is InChI=1S/C32H35ClN6O3/c1-21(40)34-19-22-4-6-23(7-5-22)31(30-27-13-8-24(33)18-28(27)36-32(30)42)35-25-9-11-26(12-10-25)38(3)29(41)20-39-16-14-37(2)15-17-39/h4-13,18,36,42H,14-17,19-20H2,1-3H3,(H,34,40). The van der Waals surface area contributed by atoms with Gasteiger partial charge in [-0.1, -0.05) is 41.9 Å². The van der Waals surface area contributed by atoms with Gasteiger partial charge in [-0.25, -0.2) is 4.99 Å². The Morgan fingerprint density at radius 1 is 1.02 bits per heavy atom. The zero-order valence-electron chi connectivity index (χ0n) is 24.0. The number of aliphatic imine (C=N–C) groups is 1. The van der Waals surface area contributed by atoms with E-state index in [1.807, 2.05) is 54.6 Å². The number of likely N-dealkylation sites (N-methyl/N-ethyl adjacent to an activating group) is 2. The van der Waals surface area contributed by atoms with E-state index in [-0.39, 0.29) is 17.7 Å². The molecule has 0 spiro atoms. The van der Waals surface area contributed by atoms with Crippen LogP contribution in [0, 0.1) is 0 Å². The Labute approximate surface area is 250 Å². The smallest absolute Gasteiger partial charge is 0.240 e. The Bertz CT molecular complexity index is 1610. The molecule has 42 heavy (non-hydrogen) atoms. The van der Waals surface area contributed by atoms with E-state index in [9.17, 15) is 14.7 Å². The molecule has 218 valence electrons. The molecule has 1 aromatic heterocycles. The van der Waals surface area contributed by atoms with Crippen molar-refractivity contribution in [1.29, 1.82) is 0 Å². The number of aromatic nitrogens is 1. The van der Waals surface area contributed by atoms with Crippen molar-refractivity contribution < 1.29 is 14.7 Å². The van der Waals surface area contributed by atoms with Crippen LogP contribution >= 0.6 is 11.6 Å². The fourth-order valence-electron chi connectivity index (χ4n) is 4.99. The second-order valence-electron chi connectivity index (χ2n) is 10.7. The number of nitrogens with one attached hydrogen (secondary N) is 2. The lowest BCUT2D eigenvalue weighted by Crippen LogP contribution is -2.48. The maximum atomic E-state index is 13.0. The number of aromatic hydroxyl groups is 1. The average molecular weight is 587 g/mol. The van der Waals surface area contributed by atoms with Gasteiger partial charge in [0.2, 0.25) is 11.8 Å².